The van der Waals surface area contributed by atoms with Crippen LogP contribution >= 0.6 is 0 Å². The van der Waals surface area contributed by atoms with E-state index in [1.54, 1.807) is 0 Å². The van der Waals surface area contributed by atoms with Crippen LogP contribution in [0, 0.1) is 0 Å². The van der Waals surface area contributed by atoms with Gasteiger partial charge >= 0.3 is 12.1 Å². The first-order valence-electron chi connectivity index (χ1n) is 4.31. The average molecular weight is 229 g/mol. The number of aromatic amines is 1. The van der Waals surface area contributed by atoms with Gasteiger partial charge in [-0.2, -0.15) is 13.2 Å². The second-order valence-electron chi connectivity index (χ2n) is 3.27. The maximum absolute atomic E-state index is 12.6. The Hall–Kier alpha value is -1.98. The fourth-order valence-corrected chi connectivity index (χ4v) is 1.51. The van der Waals surface area contributed by atoms with Crippen molar-refractivity contribution in [2.75, 3.05) is 0 Å². The van der Waals surface area contributed by atoms with E-state index in [1.165, 1.54) is 12.3 Å². The van der Waals surface area contributed by atoms with Gasteiger partial charge in [0.25, 0.3) is 0 Å². The number of rotatable bonds is 1. The van der Waals surface area contributed by atoms with Gasteiger partial charge in [-0.05, 0) is 18.2 Å². The molecule has 0 unspecified atom stereocenters. The molecule has 2 N–H and O–H groups in total. The van der Waals surface area contributed by atoms with E-state index in [4.69, 9.17) is 5.11 Å². The molecule has 0 spiro atoms. The Labute approximate surface area is 87.5 Å². The molecule has 2 rings (SSSR count). The zero-order valence-corrected chi connectivity index (χ0v) is 7.80. The largest absolute Gasteiger partial charge is 0.478 e. The van der Waals surface area contributed by atoms with Crippen LogP contribution < -0.4 is 0 Å². The van der Waals surface area contributed by atoms with Crippen molar-refractivity contribution in [3.8, 4) is 0 Å². The number of halogens is 3. The fraction of sp³-hybridized carbons (Fsp3) is 0.100. The van der Waals surface area contributed by atoms with Gasteiger partial charge in [0.05, 0.1) is 11.1 Å². The Morgan fingerprint density at radius 3 is 2.56 bits per heavy atom. The Bertz CT molecular complexity index is 557. The number of aromatic nitrogens is 1. The predicted octanol–water partition coefficient (Wildman–Crippen LogP) is 2.88. The topological polar surface area (TPSA) is 53.1 Å². The molecule has 0 saturated carbocycles. The summed E-state index contributed by atoms with van der Waals surface area (Å²) in [6.07, 6.45) is -3.22. The molecule has 16 heavy (non-hydrogen) atoms. The van der Waals surface area contributed by atoms with Crippen LogP contribution in [-0.4, -0.2) is 16.1 Å². The average Bonchev–Trinajstić information content (AvgIpc) is 2.60. The normalized spacial score (nSPS) is 11.9. The molecule has 0 aliphatic carbocycles. The molecule has 0 radical (unpaired) electrons. The second-order valence-corrected chi connectivity index (χ2v) is 3.27. The van der Waals surface area contributed by atoms with Crippen LogP contribution in [0.5, 0.6) is 0 Å². The Morgan fingerprint density at radius 1 is 1.31 bits per heavy atom. The van der Waals surface area contributed by atoms with Crippen molar-refractivity contribution in [2.45, 2.75) is 6.18 Å². The zero-order valence-electron chi connectivity index (χ0n) is 7.80. The van der Waals surface area contributed by atoms with E-state index in [0.29, 0.717) is 5.39 Å². The minimum Gasteiger partial charge on any atom is -0.478 e. The molecule has 0 aliphatic rings. The predicted molar refractivity (Wildman–Crippen MR) is 50.3 cm³/mol. The molecule has 0 fully saturated rings. The smallest absolute Gasteiger partial charge is 0.417 e. The zero-order chi connectivity index (χ0) is 11.9. The number of hydrogen-bond acceptors (Lipinski definition) is 1. The van der Waals surface area contributed by atoms with E-state index in [9.17, 15) is 18.0 Å². The molecule has 0 aliphatic heterocycles. The van der Waals surface area contributed by atoms with E-state index < -0.39 is 23.3 Å². The highest BCUT2D eigenvalue weighted by atomic mass is 19.4. The molecule has 1 aromatic heterocycles. The summed E-state index contributed by atoms with van der Waals surface area (Å²) in [7, 11) is 0. The summed E-state index contributed by atoms with van der Waals surface area (Å²) >= 11 is 0. The van der Waals surface area contributed by atoms with E-state index in [2.05, 4.69) is 4.98 Å². The second kappa shape index (κ2) is 3.26. The summed E-state index contributed by atoms with van der Waals surface area (Å²) in [5.41, 5.74) is -1.62. The lowest BCUT2D eigenvalue weighted by molar-refractivity contribution is -0.138. The van der Waals surface area contributed by atoms with Crippen molar-refractivity contribution in [3.63, 3.8) is 0 Å². The number of nitrogens with one attached hydrogen (secondary N) is 1. The van der Waals surface area contributed by atoms with Crippen LogP contribution in [-0.2, 0) is 6.18 Å². The number of aromatic carboxylic acids is 1. The minimum absolute atomic E-state index is 0.261. The lowest BCUT2D eigenvalue weighted by Crippen LogP contribution is -2.12. The Morgan fingerprint density at radius 2 is 2.00 bits per heavy atom. The number of H-pyrrole nitrogens is 1. The number of carboxylic acids is 1. The maximum Gasteiger partial charge on any atom is 0.417 e. The first-order chi connectivity index (χ1) is 7.39. The van der Waals surface area contributed by atoms with Crippen molar-refractivity contribution in [1.29, 1.82) is 0 Å². The van der Waals surface area contributed by atoms with Gasteiger partial charge in [-0.1, -0.05) is 0 Å². The molecular weight excluding hydrogens is 223 g/mol. The third kappa shape index (κ3) is 1.62. The molecule has 0 bridgehead atoms. The standard InChI is InChI=1S/C10H6F3NO2/c11-10(12,13)7-4-8-5(1-2-14-8)3-6(7)9(15)16/h1-4,14H,(H,15,16). The number of alkyl halides is 3. The van der Waals surface area contributed by atoms with Gasteiger partial charge in [0, 0.05) is 17.1 Å². The minimum atomic E-state index is -4.67. The van der Waals surface area contributed by atoms with Gasteiger partial charge in [-0.15, -0.1) is 0 Å². The number of hydrogen-bond donors (Lipinski definition) is 2. The number of carboxylic acid groups (broad SMARTS) is 1. The van der Waals surface area contributed by atoms with Crippen molar-refractivity contribution < 1.29 is 23.1 Å². The van der Waals surface area contributed by atoms with Gasteiger partial charge in [-0.3, -0.25) is 0 Å². The fourth-order valence-electron chi connectivity index (χ4n) is 1.51. The summed E-state index contributed by atoms with van der Waals surface area (Å²) in [5.74, 6) is -1.59. The maximum atomic E-state index is 12.6. The molecular formula is C10H6F3NO2. The lowest BCUT2D eigenvalue weighted by Gasteiger charge is -2.10. The summed E-state index contributed by atoms with van der Waals surface area (Å²) in [4.78, 5) is 13.3. The van der Waals surface area contributed by atoms with Gasteiger partial charge in [0.1, 0.15) is 0 Å². The van der Waals surface area contributed by atoms with Gasteiger partial charge in [0.15, 0.2) is 0 Å². The molecule has 0 amide bonds. The molecule has 0 atom stereocenters. The summed E-state index contributed by atoms with van der Waals surface area (Å²) in [6.45, 7) is 0. The van der Waals surface area contributed by atoms with Crippen LogP contribution in [0.4, 0.5) is 13.2 Å². The van der Waals surface area contributed by atoms with Crippen molar-refractivity contribution in [2.24, 2.45) is 0 Å². The monoisotopic (exact) mass is 229 g/mol. The van der Waals surface area contributed by atoms with Crippen LogP contribution in [0.25, 0.3) is 10.9 Å². The third-order valence-electron chi connectivity index (χ3n) is 2.23. The number of fused-ring (bicyclic) bond motifs is 1. The van der Waals surface area contributed by atoms with Crippen LogP contribution in [0.1, 0.15) is 15.9 Å². The quantitative estimate of drug-likeness (QED) is 0.789. The van der Waals surface area contributed by atoms with E-state index in [-0.39, 0.29) is 5.52 Å². The Balaban J connectivity index is 2.77. The Kier molecular flexibility index (Phi) is 2.15. The molecule has 1 aromatic carbocycles. The van der Waals surface area contributed by atoms with Gasteiger partial charge in [0.2, 0.25) is 0 Å². The molecule has 0 saturated heterocycles. The number of benzene rings is 1. The summed E-state index contributed by atoms with van der Waals surface area (Å²) in [5, 5.41) is 9.15. The van der Waals surface area contributed by atoms with Gasteiger partial charge in [-0.25, -0.2) is 4.79 Å². The van der Waals surface area contributed by atoms with Crippen LogP contribution in [0.2, 0.25) is 0 Å². The van der Waals surface area contributed by atoms with Gasteiger partial charge < -0.3 is 10.1 Å². The molecule has 3 nitrogen and oxygen atoms in total. The SMILES string of the molecule is O=C(O)c1cc2cc[nH]c2cc1C(F)(F)F. The van der Waals surface area contributed by atoms with E-state index in [0.717, 1.165) is 12.1 Å². The molecule has 84 valence electrons. The van der Waals surface area contributed by atoms with Crippen molar-refractivity contribution in [3.05, 3.63) is 35.5 Å². The lowest BCUT2D eigenvalue weighted by atomic mass is 10.0. The molecule has 6 heteroatoms. The highest BCUT2D eigenvalue weighted by Crippen LogP contribution is 2.34. The summed E-state index contributed by atoms with van der Waals surface area (Å²) in [6, 6.07) is 3.33. The van der Waals surface area contributed by atoms with Crippen molar-refractivity contribution in [1.82, 2.24) is 4.98 Å². The third-order valence-corrected chi connectivity index (χ3v) is 2.23. The van der Waals surface area contributed by atoms with E-state index in [1.807, 2.05) is 0 Å². The highest BCUT2D eigenvalue weighted by molar-refractivity contribution is 5.95. The van der Waals surface area contributed by atoms with Crippen molar-refractivity contribution >= 4 is 16.9 Å². The number of carbonyl (C=O) groups is 1. The van der Waals surface area contributed by atoms with E-state index >= 15 is 0 Å². The molecule has 2 aromatic rings. The highest BCUT2D eigenvalue weighted by Gasteiger charge is 2.35. The molecule has 1 heterocycles. The first kappa shape index (κ1) is 10.5. The first-order valence-corrected chi connectivity index (χ1v) is 4.31. The summed E-state index contributed by atoms with van der Waals surface area (Å²) < 4.78 is 37.7. The van der Waals surface area contributed by atoms with Crippen LogP contribution in [0.15, 0.2) is 24.4 Å². The van der Waals surface area contributed by atoms with Crippen LogP contribution in [0.3, 0.4) is 0 Å².